The predicted octanol–water partition coefficient (Wildman–Crippen LogP) is 3.30. The Morgan fingerprint density at radius 3 is 2.81 bits per heavy atom. The van der Waals surface area contributed by atoms with E-state index in [0.29, 0.717) is 5.92 Å². The molecule has 0 saturated carbocycles. The lowest BCUT2D eigenvalue weighted by atomic mass is 10.1. The zero-order chi connectivity index (χ0) is 11.5. The summed E-state index contributed by atoms with van der Waals surface area (Å²) in [5.41, 5.74) is 2.33. The molecule has 0 bridgehead atoms. The number of imidazole rings is 1. The van der Waals surface area contributed by atoms with Crippen LogP contribution in [0.2, 0.25) is 0 Å². The van der Waals surface area contributed by atoms with Crippen LogP contribution in [0, 0.1) is 12.8 Å². The van der Waals surface area contributed by atoms with Gasteiger partial charge in [0.25, 0.3) is 0 Å². The van der Waals surface area contributed by atoms with Crippen LogP contribution in [0.5, 0.6) is 0 Å². The van der Waals surface area contributed by atoms with E-state index in [4.69, 9.17) is 0 Å². The molecule has 0 aliphatic rings. The van der Waals surface area contributed by atoms with E-state index in [1.807, 2.05) is 6.07 Å². The van der Waals surface area contributed by atoms with Gasteiger partial charge in [-0.3, -0.25) is 0 Å². The largest absolute Gasteiger partial charge is 0.328 e. The second-order valence-corrected chi connectivity index (χ2v) is 4.58. The summed E-state index contributed by atoms with van der Waals surface area (Å²) in [6.45, 7) is 5.31. The van der Waals surface area contributed by atoms with Gasteiger partial charge >= 0.3 is 0 Å². The lowest BCUT2D eigenvalue weighted by Crippen LogP contribution is -2.12. The fourth-order valence-electron chi connectivity index (χ4n) is 2.00. The number of aryl methyl sites for hydroxylation is 1. The van der Waals surface area contributed by atoms with Crippen LogP contribution >= 0.6 is 12.6 Å². The van der Waals surface area contributed by atoms with Crippen molar-refractivity contribution < 1.29 is 0 Å². The zero-order valence-corrected chi connectivity index (χ0v) is 10.7. The number of hydrogen-bond donors (Lipinski definition) is 1. The second kappa shape index (κ2) is 4.91. The maximum atomic E-state index is 4.57. The van der Waals surface area contributed by atoms with Crippen LogP contribution in [-0.4, -0.2) is 15.3 Å². The lowest BCUT2D eigenvalue weighted by Gasteiger charge is -2.14. The highest BCUT2D eigenvalue weighted by molar-refractivity contribution is 7.80. The normalized spacial score (nSPS) is 13.2. The molecule has 1 unspecified atom stereocenters. The molecule has 0 N–H and O–H groups in total. The molecule has 16 heavy (non-hydrogen) atoms. The molecule has 1 aromatic carbocycles. The van der Waals surface area contributed by atoms with Crippen molar-refractivity contribution >= 4 is 23.7 Å². The van der Waals surface area contributed by atoms with Crippen molar-refractivity contribution in [3.63, 3.8) is 0 Å². The van der Waals surface area contributed by atoms with E-state index in [1.165, 1.54) is 5.52 Å². The average molecular weight is 234 g/mol. The van der Waals surface area contributed by atoms with Gasteiger partial charge in [-0.1, -0.05) is 25.5 Å². The Bertz CT molecular complexity index is 472. The number of hydrogen-bond acceptors (Lipinski definition) is 2. The fourth-order valence-corrected chi connectivity index (χ4v) is 2.37. The third-order valence-corrected chi connectivity index (χ3v) is 3.64. The van der Waals surface area contributed by atoms with Crippen molar-refractivity contribution in [1.82, 2.24) is 9.55 Å². The molecule has 0 spiro atoms. The number of rotatable bonds is 4. The van der Waals surface area contributed by atoms with Gasteiger partial charge in [-0.15, -0.1) is 0 Å². The summed E-state index contributed by atoms with van der Waals surface area (Å²) in [5.74, 6) is 2.66. The average Bonchev–Trinajstić information content (AvgIpc) is 2.62. The Balaban J connectivity index is 2.39. The van der Waals surface area contributed by atoms with Gasteiger partial charge in [0.15, 0.2) is 0 Å². The Kier molecular flexibility index (Phi) is 3.54. The minimum atomic E-state index is 0.625. The van der Waals surface area contributed by atoms with Crippen molar-refractivity contribution in [2.24, 2.45) is 5.92 Å². The van der Waals surface area contributed by atoms with Gasteiger partial charge in [-0.05, 0) is 30.7 Å². The summed E-state index contributed by atoms with van der Waals surface area (Å²) in [7, 11) is 0. The van der Waals surface area contributed by atoms with Gasteiger partial charge in [0.1, 0.15) is 5.82 Å². The Hall–Kier alpha value is -0.960. The van der Waals surface area contributed by atoms with Gasteiger partial charge in [-0.2, -0.15) is 12.6 Å². The molecule has 2 aromatic rings. The Labute approximate surface area is 102 Å². The summed E-state index contributed by atoms with van der Waals surface area (Å²) in [5, 5.41) is 0. The van der Waals surface area contributed by atoms with Crippen molar-refractivity contribution in [3.8, 4) is 0 Å². The molecule has 86 valence electrons. The highest BCUT2D eigenvalue weighted by Crippen LogP contribution is 2.18. The number of aromatic nitrogens is 2. The van der Waals surface area contributed by atoms with E-state index in [0.717, 1.165) is 30.1 Å². The second-order valence-electron chi connectivity index (χ2n) is 4.22. The quantitative estimate of drug-likeness (QED) is 0.804. The first-order chi connectivity index (χ1) is 7.76. The predicted molar refractivity (Wildman–Crippen MR) is 72.1 cm³/mol. The van der Waals surface area contributed by atoms with Gasteiger partial charge in [-0.25, -0.2) is 4.98 Å². The van der Waals surface area contributed by atoms with Crippen molar-refractivity contribution in [3.05, 3.63) is 30.1 Å². The van der Waals surface area contributed by atoms with E-state index in [-0.39, 0.29) is 0 Å². The van der Waals surface area contributed by atoms with E-state index < -0.39 is 0 Å². The Morgan fingerprint density at radius 1 is 1.38 bits per heavy atom. The van der Waals surface area contributed by atoms with Crippen molar-refractivity contribution in [2.45, 2.75) is 26.8 Å². The molecule has 1 aromatic heterocycles. The van der Waals surface area contributed by atoms with E-state index in [1.54, 1.807) is 0 Å². The first kappa shape index (κ1) is 11.5. The number of nitrogens with zero attached hydrogens (tertiary/aromatic N) is 2. The summed E-state index contributed by atoms with van der Waals surface area (Å²) < 4.78 is 2.31. The molecule has 0 saturated heterocycles. The molecular weight excluding hydrogens is 216 g/mol. The molecule has 2 rings (SSSR count). The van der Waals surface area contributed by atoms with Crippen molar-refractivity contribution in [1.29, 1.82) is 0 Å². The molecule has 3 heteroatoms. The standard InChI is InChI=1S/C13H18N2S/c1-3-11(9-16)8-15-10(2)14-12-6-4-5-7-13(12)15/h4-7,11,16H,3,8-9H2,1-2H3. The Morgan fingerprint density at radius 2 is 2.12 bits per heavy atom. The van der Waals surface area contributed by atoms with Crippen LogP contribution in [0.3, 0.4) is 0 Å². The van der Waals surface area contributed by atoms with E-state index in [2.05, 4.69) is 54.2 Å². The third kappa shape index (κ3) is 2.09. The van der Waals surface area contributed by atoms with E-state index in [9.17, 15) is 0 Å². The maximum Gasteiger partial charge on any atom is 0.106 e. The fraction of sp³-hybridized carbons (Fsp3) is 0.462. The first-order valence-corrected chi connectivity index (χ1v) is 6.42. The van der Waals surface area contributed by atoms with Crippen molar-refractivity contribution in [2.75, 3.05) is 5.75 Å². The van der Waals surface area contributed by atoms with Crippen LogP contribution in [0.1, 0.15) is 19.2 Å². The molecule has 0 radical (unpaired) electrons. The highest BCUT2D eigenvalue weighted by atomic mass is 32.1. The molecule has 0 fully saturated rings. The monoisotopic (exact) mass is 234 g/mol. The molecule has 1 heterocycles. The molecule has 2 nitrogen and oxygen atoms in total. The smallest absolute Gasteiger partial charge is 0.106 e. The summed E-state index contributed by atoms with van der Waals surface area (Å²) in [6, 6.07) is 8.32. The minimum absolute atomic E-state index is 0.625. The highest BCUT2D eigenvalue weighted by Gasteiger charge is 2.10. The maximum absolute atomic E-state index is 4.57. The van der Waals surface area contributed by atoms with Gasteiger partial charge in [0, 0.05) is 6.54 Å². The van der Waals surface area contributed by atoms with Gasteiger partial charge in [0.2, 0.25) is 0 Å². The molecule has 0 aliphatic carbocycles. The summed E-state index contributed by atoms with van der Waals surface area (Å²) >= 11 is 4.40. The van der Waals surface area contributed by atoms with Gasteiger partial charge < -0.3 is 4.57 Å². The summed E-state index contributed by atoms with van der Waals surface area (Å²) in [4.78, 5) is 4.57. The van der Waals surface area contributed by atoms with Gasteiger partial charge in [0.05, 0.1) is 11.0 Å². The molecule has 0 amide bonds. The summed E-state index contributed by atoms with van der Waals surface area (Å²) in [6.07, 6.45) is 1.16. The van der Waals surface area contributed by atoms with Crippen LogP contribution in [-0.2, 0) is 6.54 Å². The topological polar surface area (TPSA) is 17.8 Å². The van der Waals surface area contributed by atoms with Crippen LogP contribution < -0.4 is 0 Å². The number of fused-ring (bicyclic) bond motifs is 1. The van der Waals surface area contributed by atoms with Crippen LogP contribution in [0.25, 0.3) is 11.0 Å². The number of benzene rings is 1. The number of para-hydroxylation sites is 2. The van der Waals surface area contributed by atoms with Crippen LogP contribution in [0.4, 0.5) is 0 Å². The third-order valence-electron chi connectivity index (χ3n) is 3.12. The lowest BCUT2D eigenvalue weighted by molar-refractivity contribution is 0.478. The molecule has 1 atom stereocenters. The minimum Gasteiger partial charge on any atom is -0.328 e. The first-order valence-electron chi connectivity index (χ1n) is 5.79. The SMILES string of the molecule is CCC(CS)Cn1c(C)nc2ccccc21. The molecule has 0 aliphatic heterocycles. The zero-order valence-electron chi connectivity index (χ0n) is 9.85. The number of thiol groups is 1. The van der Waals surface area contributed by atoms with E-state index >= 15 is 0 Å². The molecular formula is C13H18N2S. The van der Waals surface area contributed by atoms with Crippen LogP contribution in [0.15, 0.2) is 24.3 Å².